The Labute approximate surface area is 96.2 Å². The van der Waals surface area contributed by atoms with Crippen molar-refractivity contribution in [3.8, 4) is 5.75 Å². The van der Waals surface area contributed by atoms with Gasteiger partial charge in [-0.3, -0.25) is 4.98 Å². The molecule has 3 heteroatoms. The summed E-state index contributed by atoms with van der Waals surface area (Å²) in [6, 6.07) is 5.24. The van der Waals surface area contributed by atoms with Crippen LogP contribution in [0.2, 0.25) is 0 Å². The molecule has 2 aliphatic rings. The van der Waals surface area contributed by atoms with Crippen molar-refractivity contribution in [3.63, 3.8) is 0 Å². The number of nitrogens with one attached hydrogen (secondary N) is 1. The van der Waals surface area contributed by atoms with Gasteiger partial charge >= 0.3 is 0 Å². The monoisotopic (exact) mass is 218 g/mol. The average molecular weight is 218 g/mol. The first-order chi connectivity index (χ1) is 7.83. The van der Waals surface area contributed by atoms with Gasteiger partial charge < -0.3 is 10.1 Å². The van der Waals surface area contributed by atoms with Gasteiger partial charge in [-0.1, -0.05) is 0 Å². The van der Waals surface area contributed by atoms with Gasteiger partial charge in [0, 0.05) is 18.3 Å². The standard InChI is InChI=1S/C13H18N2O/c1-9-13(3-2-6-14-9)16-8-11-5-4-10-7-12(10)15-11/h2-3,6,10-12,15H,4-5,7-8H2,1H3. The average Bonchev–Trinajstić information content (AvgIpc) is 3.06. The van der Waals surface area contributed by atoms with Gasteiger partial charge in [0.2, 0.25) is 0 Å². The third-order valence-electron chi connectivity index (χ3n) is 3.66. The quantitative estimate of drug-likeness (QED) is 0.841. The molecule has 1 saturated heterocycles. The van der Waals surface area contributed by atoms with Crippen LogP contribution in [0.25, 0.3) is 0 Å². The van der Waals surface area contributed by atoms with E-state index in [4.69, 9.17) is 4.74 Å². The van der Waals surface area contributed by atoms with Crippen LogP contribution in [-0.4, -0.2) is 23.7 Å². The molecule has 3 nitrogen and oxygen atoms in total. The molecule has 0 radical (unpaired) electrons. The molecule has 0 aromatic carbocycles. The van der Waals surface area contributed by atoms with E-state index in [2.05, 4.69) is 10.3 Å². The molecule has 0 amide bonds. The highest BCUT2D eigenvalue weighted by Crippen LogP contribution is 2.39. The summed E-state index contributed by atoms with van der Waals surface area (Å²) in [6.45, 7) is 2.76. The highest BCUT2D eigenvalue weighted by molar-refractivity contribution is 5.25. The molecule has 1 aromatic heterocycles. The van der Waals surface area contributed by atoms with E-state index in [0.29, 0.717) is 6.04 Å². The molecule has 3 atom stereocenters. The Morgan fingerprint density at radius 3 is 3.25 bits per heavy atom. The van der Waals surface area contributed by atoms with Crippen LogP contribution < -0.4 is 10.1 Å². The summed E-state index contributed by atoms with van der Waals surface area (Å²) in [5.41, 5.74) is 0.975. The Kier molecular flexibility index (Phi) is 2.56. The third kappa shape index (κ3) is 2.05. The Morgan fingerprint density at radius 2 is 2.44 bits per heavy atom. The number of ether oxygens (including phenoxy) is 1. The van der Waals surface area contributed by atoms with E-state index < -0.39 is 0 Å². The first kappa shape index (κ1) is 10.1. The topological polar surface area (TPSA) is 34.1 Å². The number of nitrogens with zero attached hydrogens (tertiary/aromatic N) is 1. The largest absolute Gasteiger partial charge is 0.490 e. The fourth-order valence-corrected chi connectivity index (χ4v) is 2.52. The lowest BCUT2D eigenvalue weighted by Crippen LogP contribution is -2.39. The normalized spacial score (nSPS) is 31.9. The Balaban J connectivity index is 1.54. The Morgan fingerprint density at radius 1 is 1.50 bits per heavy atom. The van der Waals surface area contributed by atoms with Gasteiger partial charge in [-0.2, -0.15) is 0 Å². The highest BCUT2D eigenvalue weighted by atomic mass is 16.5. The van der Waals surface area contributed by atoms with Crippen LogP contribution in [-0.2, 0) is 0 Å². The lowest BCUT2D eigenvalue weighted by Gasteiger charge is -2.23. The molecule has 2 fully saturated rings. The smallest absolute Gasteiger partial charge is 0.140 e. The van der Waals surface area contributed by atoms with Crippen molar-refractivity contribution in [2.45, 2.75) is 38.3 Å². The van der Waals surface area contributed by atoms with Gasteiger partial charge in [0.25, 0.3) is 0 Å². The number of hydrogen-bond acceptors (Lipinski definition) is 3. The summed E-state index contributed by atoms with van der Waals surface area (Å²) >= 11 is 0. The predicted octanol–water partition coefficient (Wildman–Crippen LogP) is 1.91. The molecular weight excluding hydrogens is 200 g/mol. The molecule has 86 valence electrons. The van der Waals surface area contributed by atoms with E-state index in [0.717, 1.165) is 30.0 Å². The van der Waals surface area contributed by atoms with Gasteiger partial charge in [-0.15, -0.1) is 0 Å². The minimum absolute atomic E-state index is 0.531. The molecule has 1 aliphatic heterocycles. The fraction of sp³-hybridized carbons (Fsp3) is 0.615. The molecule has 1 N–H and O–H groups in total. The van der Waals surface area contributed by atoms with E-state index >= 15 is 0 Å². The number of aryl methyl sites for hydroxylation is 1. The zero-order chi connectivity index (χ0) is 11.0. The van der Waals surface area contributed by atoms with Crippen LogP contribution in [0.5, 0.6) is 5.75 Å². The summed E-state index contributed by atoms with van der Waals surface area (Å²) in [4.78, 5) is 4.22. The molecule has 3 rings (SSSR count). The summed E-state index contributed by atoms with van der Waals surface area (Å²) < 4.78 is 5.82. The van der Waals surface area contributed by atoms with E-state index in [1.54, 1.807) is 6.20 Å². The summed E-state index contributed by atoms with van der Waals surface area (Å²) in [5, 5.41) is 3.63. The third-order valence-corrected chi connectivity index (χ3v) is 3.66. The molecule has 0 spiro atoms. The maximum absolute atomic E-state index is 5.82. The predicted molar refractivity (Wildman–Crippen MR) is 62.5 cm³/mol. The van der Waals surface area contributed by atoms with Crippen molar-refractivity contribution in [2.75, 3.05) is 6.61 Å². The number of fused-ring (bicyclic) bond motifs is 1. The molecule has 16 heavy (non-hydrogen) atoms. The number of rotatable bonds is 3. The minimum Gasteiger partial charge on any atom is -0.490 e. The van der Waals surface area contributed by atoms with Gasteiger partial charge in [-0.25, -0.2) is 0 Å². The molecule has 1 saturated carbocycles. The van der Waals surface area contributed by atoms with Crippen LogP contribution in [0.1, 0.15) is 25.0 Å². The van der Waals surface area contributed by atoms with E-state index in [1.165, 1.54) is 19.3 Å². The first-order valence-electron chi connectivity index (χ1n) is 6.13. The summed E-state index contributed by atoms with van der Waals surface area (Å²) in [6.07, 6.45) is 5.80. The van der Waals surface area contributed by atoms with Crippen molar-refractivity contribution in [2.24, 2.45) is 5.92 Å². The van der Waals surface area contributed by atoms with Crippen molar-refractivity contribution in [1.82, 2.24) is 10.3 Å². The van der Waals surface area contributed by atoms with E-state index in [1.807, 2.05) is 19.1 Å². The van der Waals surface area contributed by atoms with Crippen LogP contribution in [0.15, 0.2) is 18.3 Å². The molecule has 1 aromatic rings. The minimum atomic E-state index is 0.531. The summed E-state index contributed by atoms with van der Waals surface area (Å²) in [5.74, 6) is 1.89. The molecule has 0 bridgehead atoms. The maximum Gasteiger partial charge on any atom is 0.140 e. The zero-order valence-corrected chi connectivity index (χ0v) is 9.65. The molecular formula is C13H18N2O. The molecule has 3 unspecified atom stereocenters. The number of pyridine rings is 1. The number of aromatic nitrogens is 1. The van der Waals surface area contributed by atoms with Crippen LogP contribution in [0, 0.1) is 12.8 Å². The number of hydrogen-bond donors (Lipinski definition) is 1. The number of piperidine rings is 1. The van der Waals surface area contributed by atoms with Gasteiger partial charge in [-0.05, 0) is 44.2 Å². The summed E-state index contributed by atoms with van der Waals surface area (Å²) in [7, 11) is 0. The van der Waals surface area contributed by atoms with E-state index in [9.17, 15) is 0 Å². The Bertz CT molecular complexity index is 380. The highest BCUT2D eigenvalue weighted by Gasteiger charge is 2.41. The van der Waals surface area contributed by atoms with Crippen molar-refractivity contribution < 1.29 is 4.74 Å². The van der Waals surface area contributed by atoms with E-state index in [-0.39, 0.29) is 0 Å². The lowest BCUT2D eigenvalue weighted by molar-refractivity contribution is 0.234. The second-order valence-electron chi connectivity index (χ2n) is 4.94. The fourth-order valence-electron chi connectivity index (χ4n) is 2.52. The zero-order valence-electron chi connectivity index (χ0n) is 9.65. The SMILES string of the molecule is Cc1ncccc1OCC1CCC2CC2N1. The first-order valence-corrected chi connectivity index (χ1v) is 6.13. The lowest BCUT2D eigenvalue weighted by atomic mass is 10.1. The van der Waals surface area contributed by atoms with Crippen molar-refractivity contribution in [3.05, 3.63) is 24.0 Å². The van der Waals surface area contributed by atoms with Crippen LogP contribution in [0.4, 0.5) is 0 Å². The van der Waals surface area contributed by atoms with Gasteiger partial charge in [0.1, 0.15) is 12.4 Å². The van der Waals surface area contributed by atoms with Gasteiger partial charge in [0.15, 0.2) is 0 Å². The van der Waals surface area contributed by atoms with Crippen molar-refractivity contribution in [1.29, 1.82) is 0 Å². The molecule has 2 heterocycles. The van der Waals surface area contributed by atoms with Crippen molar-refractivity contribution >= 4 is 0 Å². The maximum atomic E-state index is 5.82. The Hall–Kier alpha value is -1.09. The van der Waals surface area contributed by atoms with Crippen LogP contribution in [0.3, 0.4) is 0 Å². The molecule has 1 aliphatic carbocycles. The second-order valence-corrected chi connectivity index (χ2v) is 4.94. The van der Waals surface area contributed by atoms with Crippen LogP contribution >= 0.6 is 0 Å². The van der Waals surface area contributed by atoms with Gasteiger partial charge in [0.05, 0.1) is 5.69 Å². The second kappa shape index (κ2) is 4.06.